The third kappa shape index (κ3) is 3.62. The van der Waals surface area contributed by atoms with Crippen LogP contribution in [0.15, 0.2) is 47.8 Å². The summed E-state index contributed by atoms with van der Waals surface area (Å²) in [6.07, 6.45) is 0. The molecule has 2 aromatic carbocycles. The molecule has 2 aromatic heterocycles. The summed E-state index contributed by atoms with van der Waals surface area (Å²) in [4.78, 5) is 28.8. The highest BCUT2D eigenvalue weighted by Crippen LogP contribution is 2.36. The number of carbonyl (C=O) groups is 2. The van der Waals surface area contributed by atoms with Crippen LogP contribution in [0.25, 0.3) is 21.3 Å². The van der Waals surface area contributed by atoms with E-state index in [2.05, 4.69) is 10.3 Å². The predicted molar refractivity (Wildman–Crippen MR) is 114 cm³/mol. The number of carbonyl (C=O) groups excluding carboxylic acids is 1. The van der Waals surface area contributed by atoms with Crippen LogP contribution in [0.5, 0.6) is 0 Å². The molecule has 9 heteroatoms. The number of aromatic carboxylic acids is 1. The van der Waals surface area contributed by atoms with Gasteiger partial charge in [0.15, 0.2) is 5.01 Å². The lowest BCUT2D eigenvalue weighted by atomic mass is 10.0. The number of carboxylic acids is 1. The Balaban J connectivity index is 1.67. The Morgan fingerprint density at radius 3 is 2.46 bits per heavy atom. The van der Waals surface area contributed by atoms with Crippen LogP contribution in [-0.4, -0.2) is 22.0 Å². The molecule has 0 atom stereocenters. The highest BCUT2D eigenvalue weighted by molar-refractivity contribution is 7.20. The van der Waals surface area contributed by atoms with Crippen molar-refractivity contribution >= 4 is 73.0 Å². The van der Waals surface area contributed by atoms with Crippen molar-refractivity contribution in [2.75, 3.05) is 5.32 Å². The second-order valence-corrected chi connectivity index (χ2v) is 8.53. The fourth-order valence-corrected chi connectivity index (χ4v) is 4.75. The van der Waals surface area contributed by atoms with Crippen molar-refractivity contribution in [1.29, 1.82) is 0 Å². The minimum absolute atomic E-state index is 0.0322. The zero-order valence-electron chi connectivity index (χ0n) is 13.9. The monoisotopic (exact) mass is 448 g/mol. The van der Waals surface area contributed by atoms with E-state index in [1.165, 1.54) is 11.3 Å². The summed E-state index contributed by atoms with van der Waals surface area (Å²) in [6.45, 7) is 0. The highest BCUT2D eigenvalue weighted by atomic mass is 35.5. The van der Waals surface area contributed by atoms with Gasteiger partial charge in [0, 0.05) is 21.0 Å². The molecular weight excluding hydrogens is 439 g/mol. The standard InChI is InChI=1S/C19H10Cl2N2O3S2/c20-10-3-1-9(2-4-10)12-8-27-17(15(12)19(25)26)23-16(24)18-22-13-7-11(21)5-6-14(13)28-18/h1-8H,(H,23,24)(H,25,26). The van der Waals surface area contributed by atoms with Gasteiger partial charge in [-0.15, -0.1) is 22.7 Å². The topological polar surface area (TPSA) is 79.3 Å². The van der Waals surface area contributed by atoms with Crippen LogP contribution in [0.4, 0.5) is 5.00 Å². The minimum Gasteiger partial charge on any atom is -0.478 e. The van der Waals surface area contributed by atoms with Gasteiger partial charge in [0.25, 0.3) is 5.91 Å². The number of thiophene rings is 1. The Kier molecular flexibility index (Phi) is 5.07. The molecule has 0 spiro atoms. The van der Waals surface area contributed by atoms with Crippen LogP contribution in [0, 0.1) is 0 Å². The number of benzene rings is 2. The quantitative estimate of drug-likeness (QED) is 0.384. The number of halogens is 2. The zero-order valence-corrected chi connectivity index (χ0v) is 17.0. The van der Waals surface area contributed by atoms with Gasteiger partial charge in [0.1, 0.15) is 10.6 Å². The molecule has 2 heterocycles. The maximum absolute atomic E-state index is 12.6. The number of hydrogen-bond donors (Lipinski definition) is 2. The normalized spacial score (nSPS) is 10.9. The largest absolute Gasteiger partial charge is 0.478 e. The Morgan fingerprint density at radius 1 is 1.04 bits per heavy atom. The fraction of sp³-hybridized carbons (Fsp3) is 0. The number of anilines is 1. The molecule has 4 rings (SSSR count). The van der Waals surface area contributed by atoms with Gasteiger partial charge in [-0.3, -0.25) is 4.79 Å². The van der Waals surface area contributed by atoms with Crippen molar-refractivity contribution in [3.05, 3.63) is 68.5 Å². The number of hydrogen-bond acceptors (Lipinski definition) is 5. The molecule has 1 amide bonds. The van der Waals surface area contributed by atoms with Crippen LogP contribution < -0.4 is 5.32 Å². The van der Waals surface area contributed by atoms with Crippen molar-refractivity contribution in [3.63, 3.8) is 0 Å². The Hall–Kier alpha value is -2.45. The van der Waals surface area contributed by atoms with Crippen molar-refractivity contribution < 1.29 is 14.7 Å². The third-order valence-corrected chi connectivity index (χ3v) is 6.35. The van der Waals surface area contributed by atoms with E-state index in [0.717, 1.165) is 16.0 Å². The van der Waals surface area contributed by atoms with Crippen molar-refractivity contribution in [2.24, 2.45) is 0 Å². The first kappa shape index (κ1) is 18.9. The van der Waals surface area contributed by atoms with Crippen molar-refractivity contribution in [3.8, 4) is 11.1 Å². The van der Waals surface area contributed by atoms with Gasteiger partial charge in [-0.2, -0.15) is 0 Å². The van der Waals surface area contributed by atoms with E-state index in [1.54, 1.807) is 47.8 Å². The molecule has 0 aliphatic heterocycles. The van der Waals surface area contributed by atoms with Gasteiger partial charge in [-0.25, -0.2) is 9.78 Å². The Labute approximate surface area is 177 Å². The zero-order chi connectivity index (χ0) is 19.8. The molecule has 0 aliphatic carbocycles. The van der Waals surface area contributed by atoms with Gasteiger partial charge in [-0.1, -0.05) is 35.3 Å². The molecule has 28 heavy (non-hydrogen) atoms. The molecule has 0 fully saturated rings. The highest BCUT2D eigenvalue weighted by Gasteiger charge is 2.22. The van der Waals surface area contributed by atoms with Crippen LogP contribution in [0.1, 0.15) is 20.2 Å². The van der Waals surface area contributed by atoms with Crippen molar-refractivity contribution in [1.82, 2.24) is 4.98 Å². The first-order chi connectivity index (χ1) is 13.4. The first-order valence-corrected chi connectivity index (χ1v) is 10.4. The average molecular weight is 449 g/mol. The Morgan fingerprint density at radius 2 is 1.75 bits per heavy atom. The molecule has 0 saturated carbocycles. The maximum atomic E-state index is 12.6. The fourth-order valence-electron chi connectivity index (χ4n) is 2.66. The number of nitrogens with one attached hydrogen (secondary N) is 1. The van der Waals surface area contributed by atoms with E-state index in [4.69, 9.17) is 23.2 Å². The van der Waals surface area contributed by atoms with Crippen LogP contribution in [-0.2, 0) is 0 Å². The molecular formula is C19H10Cl2N2O3S2. The summed E-state index contributed by atoms with van der Waals surface area (Å²) in [6, 6.07) is 12.0. The summed E-state index contributed by atoms with van der Waals surface area (Å²) < 4.78 is 0.820. The molecule has 0 aliphatic rings. The number of aromatic nitrogens is 1. The van der Waals surface area contributed by atoms with E-state index in [1.807, 2.05) is 0 Å². The third-order valence-electron chi connectivity index (χ3n) is 3.93. The number of thiazole rings is 1. The second kappa shape index (κ2) is 7.52. The van der Waals surface area contributed by atoms with Crippen molar-refractivity contribution in [2.45, 2.75) is 0 Å². The maximum Gasteiger partial charge on any atom is 0.339 e. The van der Waals surface area contributed by atoms with Gasteiger partial charge >= 0.3 is 5.97 Å². The lowest BCUT2D eigenvalue weighted by molar-refractivity contribution is 0.0699. The second-order valence-electron chi connectivity index (χ2n) is 5.75. The lowest BCUT2D eigenvalue weighted by Gasteiger charge is -2.05. The summed E-state index contributed by atoms with van der Waals surface area (Å²) in [7, 11) is 0. The summed E-state index contributed by atoms with van der Waals surface area (Å²) in [5.41, 5.74) is 1.87. The number of rotatable bonds is 4. The van der Waals surface area contributed by atoms with Gasteiger partial charge in [-0.05, 0) is 35.9 Å². The predicted octanol–water partition coefficient (Wildman–Crippen LogP) is 6.28. The van der Waals surface area contributed by atoms with E-state index in [0.29, 0.717) is 26.7 Å². The summed E-state index contributed by atoms with van der Waals surface area (Å²) >= 11 is 14.2. The van der Waals surface area contributed by atoms with Crippen LogP contribution >= 0.6 is 45.9 Å². The average Bonchev–Trinajstić information content (AvgIpc) is 3.26. The molecule has 2 N–H and O–H groups in total. The SMILES string of the molecule is O=C(Nc1scc(-c2ccc(Cl)cc2)c1C(=O)O)c1nc2cc(Cl)ccc2s1. The van der Waals surface area contributed by atoms with E-state index < -0.39 is 11.9 Å². The molecule has 5 nitrogen and oxygen atoms in total. The molecule has 0 unspecified atom stereocenters. The Bertz CT molecular complexity index is 1220. The summed E-state index contributed by atoms with van der Waals surface area (Å²) in [5.74, 6) is -1.60. The van der Waals surface area contributed by atoms with Crippen LogP contribution in [0.2, 0.25) is 10.0 Å². The molecule has 0 radical (unpaired) electrons. The van der Waals surface area contributed by atoms with Gasteiger partial charge < -0.3 is 10.4 Å². The number of nitrogens with zero attached hydrogens (tertiary/aromatic N) is 1. The molecule has 4 aromatic rings. The lowest BCUT2D eigenvalue weighted by Crippen LogP contribution is -2.13. The smallest absolute Gasteiger partial charge is 0.339 e. The van der Waals surface area contributed by atoms with Crippen LogP contribution in [0.3, 0.4) is 0 Å². The number of carboxylic acid groups (broad SMARTS) is 1. The molecule has 0 bridgehead atoms. The van der Waals surface area contributed by atoms with E-state index >= 15 is 0 Å². The summed E-state index contributed by atoms with van der Waals surface area (Å²) in [5, 5.41) is 15.6. The molecule has 0 saturated heterocycles. The number of fused-ring (bicyclic) bond motifs is 1. The van der Waals surface area contributed by atoms with Gasteiger partial charge in [0.2, 0.25) is 0 Å². The van der Waals surface area contributed by atoms with E-state index in [9.17, 15) is 14.7 Å². The first-order valence-electron chi connectivity index (χ1n) is 7.90. The van der Waals surface area contributed by atoms with Gasteiger partial charge in [0.05, 0.1) is 10.2 Å². The minimum atomic E-state index is -1.13. The molecule has 140 valence electrons. The number of amides is 1. The van der Waals surface area contributed by atoms with E-state index in [-0.39, 0.29) is 15.6 Å².